The average Bonchev–Trinajstić information content (AvgIpc) is 3.46. The Morgan fingerprint density at radius 2 is 1.50 bits per heavy atom. The van der Waals surface area contributed by atoms with E-state index < -0.39 is 5.54 Å². The van der Waals surface area contributed by atoms with Gasteiger partial charge in [-0.25, -0.2) is 0 Å². The molecular weight excluding hydrogens is 542 g/mol. The number of ether oxygens (including phenoxy) is 1. The fourth-order valence-electron chi connectivity index (χ4n) is 5.91. The highest BCUT2D eigenvalue weighted by Crippen LogP contribution is 2.45. The average molecular weight is 580 g/mol. The molecule has 42 heavy (non-hydrogen) atoms. The number of rotatable bonds is 10. The molecule has 4 aromatic rings. The van der Waals surface area contributed by atoms with Crippen molar-refractivity contribution in [1.82, 2.24) is 14.7 Å². The number of aryl methyl sites for hydroxylation is 1. The predicted octanol–water partition coefficient (Wildman–Crippen LogP) is 6.57. The first-order valence-electron chi connectivity index (χ1n) is 14.5. The van der Waals surface area contributed by atoms with E-state index in [9.17, 15) is 9.59 Å². The normalized spacial score (nSPS) is 16.8. The van der Waals surface area contributed by atoms with Gasteiger partial charge in [0.15, 0.2) is 5.12 Å². The summed E-state index contributed by atoms with van der Waals surface area (Å²) in [6, 6.07) is 34.1. The van der Waals surface area contributed by atoms with Gasteiger partial charge in [-0.3, -0.25) is 19.2 Å². The van der Waals surface area contributed by atoms with E-state index in [1.165, 1.54) is 28.5 Å². The number of thioether (sulfide) groups is 1. The molecule has 0 bridgehead atoms. The molecule has 0 saturated carbocycles. The summed E-state index contributed by atoms with van der Waals surface area (Å²) >= 11 is 1.40. The van der Waals surface area contributed by atoms with Crippen molar-refractivity contribution >= 4 is 28.9 Å². The molecule has 3 aromatic carbocycles. The molecule has 5 rings (SSSR count). The van der Waals surface area contributed by atoms with Gasteiger partial charge in [0.05, 0.1) is 30.8 Å². The van der Waals surface area contributed by atoms with Crippen molar-refractivity contribution in [3.05, 3.63) is 131 Å². The van der Waals surface area contributed by atoms with Gasteiger partial charge in [0.25, 0.3) is 0 Å². The van der Waals surface area contributed by atoms with Gasteiger partial charge in [-0.1, -0.05) is 103 Å². The molecule has 1 aliphatic heterocycles. The lowest BCUT2D eigenvalue weighted by molar-refractivity contribution is -0.143. The summed E-state index contributed by atoms with van der Waals surface area (Å²) in [6.07, 6.45) is 5.12. The predicted molar refractivity (Wildman–Crippen MR) is 169 cm³/mol. The molecule has 1 unspecified atom stereocenters. The third kappa shape index (κ3) is 6.58. The Labute approximate surface area is 252 Å². The van der Waals surface area contributed by atoms with Crippen LogP contribution in [0.2, 0.25) is 0 Å². The van der Waals surface area contributed by atoms with Gasteiger partial charge in [-0.05, 0) is 47.8 Å². The minimum absolute atomic E-state index is 0.0588. The van der Waals surface area contributed by atoms with Crippen LogP contribution in [0.1, 0.15) is 49.1 Å². The molecule has 0 aliphatic carbocycles. The zero-order valence-electron chi connectivity index (χ0n) is 24.2. The summed E-state index contributed by atoms with van der Waals surface area (Å²) in [5.74, 6) is -0.229. The molecule has 0 radical (unpaired) electrons. The quantitative estimate of drug-likeness (QED) is 0.157. The molecule has 1 saturated heterocycles. The summed E-state index contributed by atoms with van der Waals surface area (Å²) in [5, 5.41) is 4.90. The van der Waals surface area contributed by atoms with Gasteiger partial charge in [-0.15, -0.1) is 0 Å². The van der Waals surface area contributed by atoms with Gasteiger partial charge in [0.2, 0.25) is 0 Å². The topological polar surface area (TPSA) is 64.4 Å². The number of carbonyl (C=O) groups is 2. The van der Waals surface area contributed by atoms with Crippen LogP contribution in [0.3, 0.4) is 0 Å². The van der Waals surface area contributed by atoms with E-state index in [1.54, 1.807) is 18.5 Å². The van der Waals surface area contributed by atoms with Gasteiger partial charge < -0.3 is 4.74 Å². The summed E-state index contributed by atoms with van der Waals surface area (Å²) in [5.41, 5.74) is 5.03. The van der Waals surface area contributed by atoms with Crippen LogP contribution in [-0.4, -0.2) is 50.7 Å². The number of piperidine rings is 1. The van der Waals surface area contributed by atoms with Crippen LogP contribution < -0.4 is 0 Å². The molecular formula is C35H37N3O3S. The Morgan fingerprint density at radius 3 is 2.02 bits per heavy atom. The maximum atomic E-state index is 12.3. The SMILES string of the molecule is CCOC(=O)CCn1ccc(/C=C2/CN(C(c3ccccc3)(c3ccccc3)c3ccccc3)CCC2SC(C)=O)n1. The lowest BCUT2D eigenvalue weighted by Crippen LogP contribution is -2.52. The van der Waals surface area contributed by atoms with Crippen molar-refractivity contribution in [1.29, 1.82) is 0 Å². The van der Waals surface area contributed by atoms with E-state index in [0.29, 0.717) is 19.7 Å². The van der Waals surface area contributed by atoms with Crippen LogP contribution in [0.5, 0.6) is 0 Å². The molecule has 1 atom stereocenters. The number of carbonyl (C=O) groups excluding carboxylic acids is 2. The highest BCUT2D eigenvalue weighted by Gasteiger charge is 2.44. The molecule has 0 N–H and O–H groups in total. The zero-order chi connectivity index (χ0) is 29.4. The second-order valence-electron chi connectivity index (χ2n) is 10.4. The number of hydrogen-bond acceptors (Lipinski definition) is 6. The Hall–Kier alpha value is -3.94. The summed E-state index contributed by atoms with van der Waals surface area (Å²) in [7, 11) is 0. The minimum atomic E-state index is -0.534. The Bertz CT molecular complexity index is 1410. The van der Waals surface area contributed by atoms with Crippen LogP contribution in [0.15, 0.2) is 109 Å². The fraction of sp³-hybridized carbons (Fsp3) is 0.286. The zero-order valence-corrected chi connectivity index (χ0v) is 25.0. The van der Waals surface area contributed by atoms with Crippen LogP contribution in [0.25, 0.3) is 6.08 Å². The largest absolute Gasteiger partial charge is 0.466 e. The maximum absolute atomic E-state index is 12.3. The van der Waals surface area contributed by atoms with Crippen molar-refractivity contribution in [3.63, 3.8) is 0 Å². The van der Waals surface area contributed by atoms with Crippen molar-refractivity contribution in [2.24, 2.45) is 0 Å². The molecule has 2 heterocycles. The standard InChI is InChI=1S/C35H37N3O3S/c1-3-41-34(40)21-24-38-23-19-32(36-38)25-28-26-37(22-20-33(28)42-27(2)39)35(29-13-7-4-8-14-29,30-15-9-5-10-16-30)31-17-11-6-12-18-31/h4-19,23,25,33H,3,20-22,24,26H2,1-2H3/b28-25-. The Balaban J connectivity index is 1.56. The first-order chi connectivity index (χ1) is 20.5. The smallest absolute Gasteiger partial charge is 0.307 e. The minimum Gasteiger partial charge on any atom is -0.466 e. The molecule has 216 valence electrons. The molecule has 7 heteroatoms. The van der Waals surface area contributed by atoms with E-state index in [4.69, 9.17) is 9.84 Å². The summed E-state index contributed by atoms with van der Waals surface area (Å²) < 4.78 is 6.84. The van der Waals surface area contributed by atoms with E-state index in [0.717, 1.165) is 24.2 Å². The van der Waals surface area contributed by atoms with Crippen LogP contribution in [0, 0.1) is 0 Å². The number of hydrogen-bond donors (Lipinski definition) is 0. The van der Waals surface area contributed by atoms with Crippen LogP contribution >= 0.6 is 11.8 Å². The molecule has 1 aromatic heterocycles. The summed E-state index contributed by atoms with van der Waals surface area (Å²) in [4.78, 5) is 26.7. The van der Waals surface area contributed by atoms with Crippen molar-refractivity contribution < 1.29 is 14.3 Å². The third-order valence-electron chi connectivity index (χ3n) is 7.65. The van der Waals surface area contributed by atoms with Crippen LogP contribution in [0.4, 0.5) is 0 Å². The molecule has 6 nitrogen and oxygen atoms in total. The van der Waals surface area contributed by atoms with E-state index >= 15 is 0 Å². The number of likely N-dealkylation sites (tertiary alicyclic amines) is 1. The lowest BCUT2D eigenvalue weighted by Gasteiger charge is -2.49. The molecule has 1 fully saturated rings. The lowest BCUT2D eigenvalue weighted by atomic mass is 9.74. The molecule has 0 amide bonds. The molecule has 0 spiro atoms. The second kappa shape index (κ2) is 13.8. The van der Waals surface area contributed by atoms with Gasteiger partial charge in [0.1, 0.15) is 0 Å². The number of esters is 1. The fourth-order valence-corrected chi connectivity index (χ4v) is 6.83. The van der Waals surface area contributed by atoms with Gasteiger partial charge in [0, 0.05) is 31.5 Å². The van der Waals surface area contributed by atoms with Crippen molar-refractivity contribution in [2.75, 3.05) is 19.7 Å². The first kappa shape index (κ1) is 29.5. The number of aromatic nitrogens is 2. The number of nitrogens with zero attached hydrogens (tertiary/aromatic N) is 3. The van der Waals surface area contributed by atoms with E-state index in [1.807, 2.05) is 12.3 Å². The van der Waals surface area contributed by atoms with Crippen LogP contribution in [-0.2, 0) is 26.4 Å². The van der Waals surface area contributed by atoms with Crippen molar-refractivity contribution in [3.8, 4) is 0 Å². The monoisotopic (exact) mass is 579 g/mol. The summed E-state index contributed by atoms with van der Waals surface area (Å²) in [6.45, 7) is 5.76. The third-order valence-corrected chi connectivity index (χ3v) is 8.81. The van der Waals surface area contributed by atoms with E-state index in [2.05, 4.69) is 102 Å². The molecule has 1 aliphatic rings. The second-order valence-corrected chi connectivity index (χ2v) is 11.8. The van der Waals surface area contributed by atoms with Crippen molar-refractivity contribution in [2.45, 2.75) is 44.0 Å². The first-order valence-corrected chi connectivity index (χ1v) is 15.4. The number of benzene rings is 3. The van der Waals surface area contributed by atoms with Gasteiger partial charge in [-0.2, -0.15) is 5.10 Å². The maximum Gasteiger partial charge on any atom is 0.307 e. The van der Waals surface area contributed by atoms with Gasteiger partial charge >= 0.3 is 5.97 Å². The Morgan fingerprint density at radius 1 is 0.929 bits per heavy atom. The highest BCUT2D eigenvalue weighted by molar-refractivity contribution is 8.14. The van der Waals surface area contributed by atoms with E-state index in [-0.39, 0.29) is 22.8 Å². The Kier molecular flexibility index (Phi) is 9.72. The highest BCUT2D eigenvalue weighted by atomic mass is 32.2.